The fraction of sp³-hybridized carbons (Fsp3) is 0.250. The summed E-state index contributed by atoms with van der Waals surface area (Å²) in [6, 6.07) is 4.57. The van der Waals surface area contributed by atoms with Crippen LogP contribution in [-0.2, 0) is 0 Å². The minimum Gasteiger partial charge on any atom is -0.171 e. The summed E-state index contributed by atoms with van der Waals surface area (Å²) in [5.41, 5.74) is 0.0896. The first-order chi connectivity index (χ1) is 8.59. The van der Waals surface area contributed by atoms with Crippen molar-refractivity contribution >= 4 is 17.2 Å². The average molecular weight is 301 g/mol. The number of allylic oxidation sites excluding steroid dienone is 1. The Balaban J connectivity index is 3.16. The van der Waals surface area contributed by atoms with Crippen LogP contribution in [0.3, 0.4) is 0 Å². The van der Waals surface area contributed by atoms with E-state index >= 15 is 0 Å². The SMILES string of the molecule is FC(F)(F)CC=C=C(c1ccc(Cl)cc1)C(F)(F)F. The van der Waals surface area contributed by atoms with E-state index in [4.69, 9.17) is 11.6 Å². The lowest BCUT2D eigenvalue weighted by Gasteiger charge is -2.09. The van der Waals surface area contributed by atoms with Crippen molar-refractivity contribution in [1.29, 1.82) is 0 Å². The Hall–Kier alpha value is -1.39. The summed E-state index contributed by atoms with van der Waals surface area (Å²) in [4.78, 5) is 0. The molecule has 0 saturated carbocycles. The first kappa shape index (κ1) is 15.7. The molecule has 1 aromatic carbocycles. The van der Waals surface area contributed by atoms with Gasteiger partial charge in [-0.3, -0.25) is 0 Å². The third-order valence-electron chi connectivity index (χ3n) is 2.00. The number of hydrogen-bond acceptors (Lipinski definition) is 0. The van der Waals surface area contributed by atoms with E-state index in [0.717, 1.165) is 12.1 Å². The maximum Gasteiger partial charge on any atom is 0.424 e. The topological polar surface area (TPSA) is 0 Å². The quantitative estimate of drug-likeness (QED) is 0.507. The predicted molar refractivity (Wildman–Crippen MR) is 59.7 cm³/mol. The third-order valence-corrected chi connectivity index (χ3v) is 2.25. The molecule has 0 bridgehead atoms. The Morgan fingerprint density at radius 3 is 2.00 bits per heavy atom. The number of halogens is 7. The zero-order chi connectivity index (χ0) is 14.7. The highest BCUT2D eigenvalue weighted by atomic mass is 35.5. The number of alkyl halides is 6. The van der Waals surface area contributed by atoms with Crippen LogP contribution in [0.15, 0.2) is 36.1 Å². The first-order valence-corrected chi connectivity index (χ1v) is 5.32. The predicted octanol–water partition coefficient (Wildman–Crippen LogP) is 5.39. The van der Waals surface area contributed by atoms with Crippen molar-refractivity contribution in [2.24, 2.45) is 0 Å². The first-order valence-electron chi connectivity index (χ1n) is 4.94. The Labute approximate surface area is 110 Å². The van der Waals surface area contributed by atoms with Crippen LogP contribution in [0.25, 0.3) is 5.57 Å². The molecule has 0 aromatic heterocycles. The monoisotopic (exact) mass is 300 g/mol. The van der Waals surface area contributed by atoms with Gasteiger partial charge in [-0.25, -0.2) is 0 Å². The zero-order valence-corrected chi connectivity index (χ0v) is 10.00. The molecule has 0 radical (unpaired) electrons. The summed E-state index contributed by atoms with van der Waals surface area (Å²) >= 11 is 5.53. The lowest BCUT2D eigenvalue weighted by Crippen LogP contribution is -2.10. The van der Waals surface area contributed by atoms with Crippen molar-refractivity contribution in [3.05, 3.63) is 46.7 Å². The molecular weight excluding hydrogens is 294 g/mol. The molecule has 7 heteroatoms. The molecule has 0 aliphatic heterocycles. The van der Waals surface area contributed by atoms with E-state index in [-0.39, 0.29) is 10.6 Å². The second-order valence-electron chi connectivity index (χ2n) is 3.55. The lowest BCUT2D eigenvalue weighted by molar-refractivity contribution is -0.125. The summed E-state index contributed by atoms with van der Waals surface area (Å²) in [6.45, 7) is 0. The molecule has 1 rings (SSSR count). The number of rotatable bonds is 2. The van der Waals surface area contributed by atoms with E-state index in [9.17, 15) is 26.3 Å². The molecule has 1 aromatic rings. The van der Waals surface area contributed by atoms with Crippen molar-refractivity contribution in [2.45, 2.75) is 18.8 Å². The third kappa shape index (κ3) is 5.41. The van der Waals surface area contributed by atoms with Crippen LogP contribution in [0.5, 0.6) is 0 Å². The molecule has 19 heavy (non-hydrogen) atoms. The molecule has 0 fully saturated rings. The molecule has 104 valence electrons. The largest absolute Gasteiger partial charge is 0.424 e. The maximum atomic E-state index is 12.7. The summed E-state index contributed by atoms with van der Waals surface area (Å²) in [5, 5.41) is 0.226. The molecular formula is C12H7ClF6. The Kier molecular flexibility index (Phi) is 4.71. The van der Waals surface area contributed by atoms with Crippen molar-refractivity contribution in [1.82, 2.24) is 0 Å². The number of benzene rings is 1. The fourth-order valence-corrected chi connectivity index (χ4v) is 1.34. The molecule has 0 heterocycles. The van der Waals surface area contributed by atoms with Crippen LogP contribution in [-0.4, -0.2) is 12.4 Å². The molecule has 0 saturated heterocycles. The average Bonchev–Trinajstić information content (AvgIpc) is 2.23. The van der Waals surface area contributed by atoms with Crippen molar-refractivity contribution < 1.29 is 26.3 Å². The van der Waals surface area contributed by atoms with Gasteiger partial charge >= 0.3 is 12.4 Å². The van der Waals surface area contributed by atoms with E-state index in [1.807, 2.05) is 0 Å². The molecule has 0 aliphatic carbocycles. The van der Waals surface area contributed by atoms with Gasteiger partial charge in [-0.1, -0.05) is 23.7 Å². The van der Waals surface area contributed by atoms with Crippen molar-refractivity contribution in [3.8, 4) is 0 Å². The van der Waals surface area contributed by atoms with Gasteiger partial charge in [0.15, 0.2) is 0 Å². The van der Waals surface area contributed by atoms with E-state index in [2.05, 4.69) is 0 Å². The van der Waals surface area contributed by atoms with Gasteiger partial charge in [-0.15, -0.1) is 5.73 Å². The number of hydrogen-bond donors (Lipinski definition) is 0. The molecule has 0 aliphatic rings. The van der Waals surface area contributed by atoms with Crippen LogP contribution in [0, 0.1) is 0 Å². The van der Waals surface area contributed by atoms with Crippen molar-refractivity contribution in [2.75, 3.05) is 0 Å². The normalized spacial score (nSPS) is 11.9. The van der Waals surface area contributed by atoms with Crippen LogP contribution >= 0.6 is 11.6 Å². The van der Waals surface area contributed by atoms with Crippen LogP contribution < -0.4 is 0 Å². The highest BCUT2D eigenvalue weighted by molar-refractivity contribution is 6.30. The van der Waals surface area contributed by atoms with Gasteiger partial charge in [0.25, 0.3) is 0 Å². The standard InChI is InChI=1S/C12H7ClF6/c13-9-5-3-8(4-6-9)10(12(17,18)19)2-1-7-11(14,15)16/h1,3-6H,7H2. The lowest BCUT2D eigenvalue weighted by atomic mass is 10.1. The van der Waals surface area contributed by atoms with E-state index in [0.29, 0.717) is 6.08 Å². The second-order valence-corrected chi connectivity index (χ2v) is 3.98. The summed E-state index contributed by atoms with van der Waals surface area (Å²) in [7, 11) is 0. The maximum absolute atomic E-state index is 12.7. The van der Waals surface area contributed by atoms with E-state index in [1.54, 1.807) is 5.73 Å². The molecule has 0 amide bonds. The molecule has 0 atom stereocenters. The minimum atomic E-state index is -4.80. The van der Waals surface area contributed by atoms with E-state index in [1.165, 1.54) is 12.1 Å². The van der Waals surface area contributed by atoms with Gasteiger partial charge in [-0.05, 0) is 23.8 Å². The fourth-order valence-electron chi connectivity index (χ4n) is 1.21. The van der Waals surface area contributed by atoms with Gasteiger partial charge in [0.1, 0.15) is 5.57 Å². The summed E-state index contributed by atoms with van der Waals surface area (Å²) < 4.78 is 73.7. The van der Waals surface area contributed by atoms with Gasteiger partial charge in [-0.2, -0.15) is 26.3 Å². The Morgan fingerprint density at radius 2 is 1.58 bits per heavy atom. The molecule has 0 N–H and O–H groups in total. The van der Waals surface area contributed by atoms with Crippen LogP contribution in [0.1, 0.15) is 12.0 Å². The second kappa shape index (κ2) is 5.72. The van der Waals surface area contributed by atoms with Gasteiger partial charge in [0.05, 0.1) is 6.42 Å². The Morgan fingerprint density at radius 1 is 1.05 bits per heavy atom. The summed E-state index contributed by atoms with van der Waals surface area (Å²) in [6.07, 6.45) is -10.5. The zero-order valence-electron chi connectivity index (χ0n) is 9.24. The van der Waals surface area contributed by atoms with Crippen molar-refractivity contribution in [3.63, 3.8) is 0 Å². The van der Waals surface area contributed by atoms with Crippen LogP contribution in [0.4, 0.5) is 26.3 Å². The molecule has 0 spiro atoms. The highest BCUT2D eigenvalue weighted by Crippen LogP contribution is 2.33. The van der Waals surface area contributed by atoms with Gasteiger partial charge in [0, 0.05) is 5.02 Å². The van der Waals surface area contributed by atoms with E-state index < -0.39 is 24.3 Å². The van der Waals surface area contributed by atoms with Gasteiger partial charge < -0.3 is 0 Å². The van der Waals surface area contributed by atoms with Gasteiger partial charge in [0.2, 0.25) is 0 Å². The minimum absolute atomic E-state index is 0.226. The Bertz CT molecular complexity index is 488. The molecule has 0 unspecified atom stereocenters. The molecule has 0 nitrogen and oxygen atoms in total. The highest BCUT2D eigenvalue weighted by Gasteiger charge is 2.35. The van der Waals surface area contributed by atoms with Crippen LogP contribution in [0.2, 0.25) is 5.02 Å². The summed E-state index contributed by atoms with van der Waals surface area (Å²) in [5.74, 6) is 0. The smallest absolute Gasteiger partial charge is 0.171 e.